The fourth-order valence-electron chi connectivity index (χ4n) is 2.83. The number of carbonyl (C=O) groups excluding carboxylic acids is 2. The summed E-state index contributed by atoms with van der Waals surface area (Å²) in [6.45, 7) is 2.05. The van der Waals surface area contributed by atoms with Crippen LogP contribution in [-0.2, 0) is 26.0 Å². The number of rotatable bonds is 7. The zero-order valence-corrected chi connectivity index (χ0v) is 14.5. The van der Waals surface area contributed by atoms with Crippen LogP contribution in [0.15, 0.2) is 29.2 Å². The smallest absolute Gasteiger partial charge is 0.243 e. The van der Waals surface area contributed by atoms with Gasteiger partial charge in [-0.15, -0.1) is 0 Å². The van der Waals surface area contributed by atoms with Crippen molar-refractivity contribution in [2.75, 3.05) is 13.1 Å². The van der Waals surface area contributed by atoms with Gasteiger partial charge in [0.05, 0.1) is 11.4 Å². The predicted octanol–water partition coefficient (Wildman–Crippen LogP) is 0.394. The fourth-order valence-corrected chi connectivity index (χ4v) is 4.49. The average molecular weight is 353 g/mol. The van der Waals surface area contributed by atoms with Crippen molar-refractivity contribution < 1.29 is 18.0 Å². The van der Waals surface area contributed by atoms with E-state index in [0.717, 1.165) is 18.4 Å². The van der Waals surface area contributed by atoms with Gasteiger partial charge in [0.15, 0.2) is 0 Å². The molecule has 0 aliphatic carbocycles. The largest absolute Gasteiger partial charge is 0.368 e. The Kier molecular flexibility index (Phi) is 5.95. The minimum absolute atomic E-state index is 0.178. The van der Waals surface area contributed by atoms with Gasteiger partial charge in [-0.3, -0.25) is 9.59 Å². The van der Waals surface area contributed by atoms with Gasteiger partial charge in [-0.05, 0) is 37.0 Å². The lowest BCUT2D eigenvalue weighted by Gasteiger charge is -2.23. The maximum absolute atomic E-state index is 12.8. The molecule has 1 aliphatic heterocycles. The molecule has 1 unspecified atom stereocenters. The second-order valence-electron chi connectivity index (χ2n) is 5.85. The highest BCUT2D eigenvalue weighted by atomic mass is 32.2. The van der Waals surface area contributed by atoms with Gasteiger partial charge in [0.25, 0.3) is 0 Å². The summed E-state index contributed by atoms with van der Waals surface area (Å²) >= 11 is 0. The lowest BCUT2D eigenvalue weighted by Crippen LogP contribution is -2.47. The summed E-state index contributed by atoms with van der Waals surface area (Å²) < 4.78 is 26.8. The van der Waals surface area contributed by atoms with E-state index >= 15 is 0 Å². The molecule has 1 aromatic carbocycles. The first-order valence-corrected chi connectivity index (χ1v) is 9.47. The van der Waals surface area contributed by atoms with E-state index in [1.165, 1.54) is 4.31 Å². The van der Waals surface area contributed by atoms with Gasteiger partial charge in [-0.25, -0.2) is 8.42 Å². The summed E-state index contributed by atoms with van der Waals surface area (Å²) in [7, 11) is -3.75. The van der Waals surface area contributed by atoms with Crippen molar-refractivity contribution in [2.45, 2.75) is 43.5 Å². The van der Waals surface area contributed by atoms with Gasteiger partial charge in [0.2, 0.25) is 21.8 Å². The third-order valence-corrected chi connectivity index (χ3v) is 5.93. The van der Waals surface area contributed by atoms with Crippen molar-refractivity contribution in [1.82, 2.24) is 9.62 Å². The summed E-state index contributed by atoms with van der Waals surface area (Å²) in [6.07, 6.45) is 2.90. The lowest BCUT2D eigenvalue weighted by molar-refractivity contribution is -0.127. The van der Waals surface area contributed by atoms with Crippen molar-refractivity contribution in [3.05, 3.63) is 29.8 Å². The second kappa shape index (κ2) is 7.76. The van der Waals surface area contributed by atoms with E-state index in [1.807, 2.05) is 0 Å². The van der Waals surface area contributed by atoms with E-state index in [9.17, 15) is 18.0 Å². The maximum atomic E-state index is 12.8. The Morgan fingerprint density at radius 2 is 1.96 bits per heavy atom. The Morgan fingerprint density at radius 3 is 2.54 bits per heavy atom. The van der Waals surface area contributed by atoms with Gasteiger partial charge in [0, 0.05) is 6.54 Å². The predicted molar refractivity (Wildman–Crippen MR) is 89.6 cm³/mol. The molecule has 0 spiro atoms. The molecule has 0 saturated carbocycles. The highest BCUT2D eigenvalue weighted by molar-refractivity contribution is 7.89. The Labute approximate surface area is 142 Å². The zero-order valence-electron chi connectivity index (χ0n) is 13.7. The van der Waals surface area contributed by atoms with Gasteiger partial charge >= 0.3 is 0 Å². The number of nitrogens with one attached hydrogen (secondary N) is 1. The van der Waals surface area contributed by atoms with Crippen molar-refractivity contribution in [3.8, 4) is 0 Å². The Morgan fingerprint density at radius 1 is 1.29 bits per heavy atom. The molecule has 2 rings (SSSR count). The standard InChI is InChI=1S/C16H23N3O4S/c1-2-4-12-6-8-13(9-7-12)24(22,23)19-10-3-5-14(19)16(21)18-11-15(17)20/h6-9,14H,2-5,10-11H2,1H3,(H2,17,20)(H,18,21). The molecular weight excluding hydrogens is 330 g/mol. The van der Waals surface area contributed by atoms with Crippen molar-refractivity contribution >= 4 is 21.8 Å². The molecule has 1 aromatic rings. The highest BCUT2D eigenvalue weighted by Crippen LogP contribution is 2.26. The minimum Gasteiger partial charge on any atom is -0.368 e. The summed E-state index contributed by atoms with van der Waals surface area (Å²) in [5.74, 6) is -1.15. The number of nitrogens with zero attached hydrogens (tertiary/aromatic N) is 1. The molecule has 132 valence electrons. The van der Waals surface area contributed by atoms with Gasteiger partial charge in [-0.2, -0.15) is 4.31 Å². The molecular formula is C16H23N3O4S. The third kappa shape index (κ3) is 4.12. The number of benzene rings is 1. The number of amides is 2. The molecule has 0 radical (unpaired) electrons. The molecule has 2 amide bonds. The molecule has 1 heterocycles. The monoisotopic (exact) mass is 353 g/mol. The van der Waals surface area contributed by atoms with E-state index in [0.29, 0.717) is 12.8 Å². The van der Waals surface area contributed by atoms with Crippen LogP contribution in [0, 0.1) is 0 Å². The Bertz CT molecular complexity index is 701. The first-order valence-electron chi connectivity index (χ1n) is 8.03. The first-order chi connectivity index (χ1) is 11.4. The van der Waals surface area contributed by atoms with Crippen LogP contribution in [0.1, 0.15) is 31.7 Å². The second-order valence-corrected chi connectivity index (χ2v) is 7.74. The summed E-state index contributed by atoms with van der Waals surface area (Å²) in [6, 6.07) is 5.96. The van der Waals surface area contributed by atoms with Crippen LogP contribution in [0.25, 0.3) is 0 Å². The topological polar surface area (TPSA) is 110 Å². The Balaban J connectivity index is 2.17. The quantitative estimate of drug-likeness (QED) is 0.739. The number of nitrogens with two attached hydrogens (primary N) is 1. The molecule has 7 nitrogen and oxygen atoms in total. The van der Waals surface area contributed by atoms with Gasteiger partial charge in [0.1, 0.15) is 6.04 Å². The summed E-state index contributed by atoms with van der Waals surface area (Å²) in [5, 5.41) is 2.38. The van der Waals surface area contributed by atoms with E-state index in [4.69, 9.17) is 5.73 Å². The van der Waals surface area contributed by atoms with Crippen molar-refractivity contribution in [3.63, 3.8) is 0 Å². The van der Waals surface area contributed by atoms with Gasteiger partial charge < -0.3 is 11.1 Å². The molecule has 0 aromatic heterocycles. The minimum atomic E-state index is -3.75. The summed E-state index contributed by atoms with van der Waals surface area (Å²) in [5.41, 5.74) is 6.08. The molecule has 1 saturated heterocycles. The van der Waals surface area contributed by atoms with E-state index in [1.54, 1.807) is 24.3 Å². The van der Waals surface area contributed by atoms with Crippen LogP contribution in [-0.4, -0.2) is 43.7 Å². The molecule has 8 heteroatoms. The molecule has 24 heavy (non-hydrogen) atoms. The lowest BCUT2D eigenvalue weighted by atomic mass is 10.1. The fraction of sp³-hybridized carbons (Fsp3) is 0.500. The average Bonchev–Trinajstić information content (AvgIpc) is 3.04. The van der Waals surface area contributed by atoms with Crippen LogP contribution >= 0.6 is 0 Å². The molecule has 1 aliphatic rings. The van der Waals surface area contributed by atoms with E-state index in [-0.39, 0.29) is 18.0 Å². The van der Waals surface area contributed by atoms with Crippen LogP contribution in [0.4, 0.5) is 0 Å². The zero-order chi connectivity index (χ0) is 17.7. The first kappa shape index (κ1) is 18.4. The van der Waals surface area contributed by atoms with Crippen molar-refractivity contribution in [2.24, 2.45) is 5.73 Å². The summed E-state index contributed by atoms with van der Waals surface area (Å²) in [4.78, 5) is 23.1. The van der Waals surface area contributed by atoms with Crippen LogP contribution in [0.3, 0.4) is 0 Å². The third-order valence-electron chi connectivity index (χ3n) is 4.01. The molecule has 1 fully saturated rings. The molecule has 0 bridgehead atoms. The normalized spacial score (nSPS) is 18.5. The maximum Gasteiger partial charge on any atom is 0.243 e. The van der Waals surface area contributed by atoms with E-state index < -0.39 is 27.9 Å². The number of carbonyl (C=O) groups is 2. The number of hydrogen-bond acceptors (Lipinski definition) is 4. The van der Waals surface area contributed by atoms with Crippen LogP contribution < -0.4 is 11.1 Å². The number of primary amides is 1. The van der Waals surface area contributed by atoms with Crippen LogP contribution in [0.5, 0.6) is 0 Å². The highest BCUT2D eigenvalue weighted by Gasteiger charge is 2.39. The van der Waals surface area contributed by atoms with E-state index in [2.05, 4.69) is 12.2 Å². The van der Waals surface area contributed by atoms with Crippen molar-refractivity contribution in [1.29, 1.82) is 0 Å². The molecule has 3 N–H and O–H groups in total. The van der Waals surface area contributed by atoms with Gasteiger partial charge in [-0.1, -0.05) is 25.5 Å². The van der Waals surface area contributed by atoms with Crippen LogP contribution in [0.2, 0.25) is 0 Å². The number of aryl methyl sites for hydroxylation is 1. The number of hydrogen-bond donors (Lipinski definition) is 2. The molecule has 1 atom stereocenters. The number of sulfonamides is 1. The Hall–Kier alpha value is -1.93. The SMILES string of the molecule is CCCc1ccc(S(=O)(=O)N2CCCC2C(=O)NCC(N)=O)cc1.